The molecule has 0 saturated carbocycles. The molecule has 1 heterocycles. The summed E-state index contributed by atoms with van der Waals surface area (Å²) in [5.41, 5.74) is 2.36. The molecule has 1 fully saturated rings. The van der Waals surface area contributed by atoms with Crippen LogP contribution in [-0.2, 0) is 11.3 Å². The van der Waals surface area contributed by atoms with Crippen LogP contribution in [0.25, 0.3) is 0 Å². The van der Waals surface area contributed by atoms with E-state index in [1.165, 1.54) is 5.69 Å². The van der Waals surface area contributed by atoms with Crippen LogP contribution in [0.2, 0.25) is 0 Å². The Hall–Kier alpha value is -1.84. The molecule has 3 rings (SSSR count). The van der Waals surface area contributed by atoms with Crippen molar-refractivity contribution < 1.29 is 9.84 Å². The van der Waals surface area contributed by atoms with E-state index < -0.39 is 6.10 Å². The summed E-state index contributed by atoms with van der Waals surface area (Å²) in [6.45, 7) is 5.92. The fraction of sp³-hybridized carbons (Fsp3) is 0.458. The maximum Gasteiger partial charge on any atom is 0.191 e. The Balaban J connectivity index is 0.00000341. The number of ether oxygens (including phenoxy) is 1. The van der Waals surface area contributed by atoms with E-state index in [1.54, 1.807) is 0 Å². The summed E-state index contributed by atoms with van der Waals surface area (Å²) in [4.78, 5) is 6.99. The summed E-state index contributed by atoms with van der Waals surface area (Å²) in [7, 11) is 0. The van der Waals surface area contributed by atoms with Gasteiger partial charge in [0.1, 0.15) is 0 Å². The average Bonchev–Trinajstić information content (AvgIpc) is 2.79. The van der Waals surface area contributed by atoms with Crippen molar-refractivity contribution in [3.8, 4) is 0 Å². The minimum Gasteiger partial charge on any atom is -0.389 e. The van der Waals surface area contributed by atoms with Crippen molar-refractivity contribution in [3.05, 3.63) is 66.2 Å². The fourth-order valence-electron chi connectivity index (χ4n) is 3.62. The molecule has 170 valence electrons. The molecule has 0 bridgehead atoms. The predicted octanol–water partition coefficient (Wildman–Crippen LogP) is 3.41. The molecule has 2 unspecified atom stereocenters. The number of nitrogens with one attached hydrogen (secondary N) is 2. The molecular weight excluding hydrogens is 503 g/mol. The van der Waals surface area contributed by atoms with Crippen molar-refractivity contribution in [3.63, 3.8) is 0 Å². The summed E-state index contributed by atoms with van der Waals surface area (Å²) in [6, 6.07) is 20.8. The highest BCUT2D eigenvalue weighted by atomic mass is 127. The van der Waals surface area contributed by atoms with Gasteiger partial charge in [-0.3, -0.25) is 4.99 Å². The molecule has 2 atom stereocenters. The van der Waals surface area contributed by atoms with Crippen molar-refractivity contribution in [1.29, 1.82) is 0 Å². The highest BCUT2D eigenvalue weighted by molar-refractivity contribution is 14.0. The van der Waals surface area contributed by atoms with E-state index in [1.807, 2.05) is 43.3 Å². The first-order valence-electron chi connectivity index (χ1n) is 10.9. The minimum atomic E-state index is -0.628. The van der Waals surface area contributed by atoms with Crippen molar-refractivity contribution in [1.82, 2.24) is 10.6 Å². The number of benzene rings is 2. The molecule has 3 N–H and O–H groups in total. The number of guanidine groups is 1. The number of hydrogen-bond acceptors (Lipinski definition) is 4. The summed E-state index contributed by atoms with van der Waals surface area (Å²) in [5.74, 6) is 0.750. The van der Waals surface area contributed by atoms with Gasteiger partial charge in [-0.15, -0.1) is 24.0 Å². The molecule has 0 radical (unpaired) electrons. The van der Waals surface area contributed by atoms with Crippen molar-refractivity contribution in [2.75, 3.05) is 37.7 Å². The number of aliphatic hydroxyl groups excluding tert-OH is 1. The van der Waals surface area contributed by atoms with Gasteiger partial charge in [0.25, 0.3) is 0 Å². The SMILES string of the molecule is CCNC(=NCC(O)COCc1ccccc1)NC1CCCN(c2ccccc2)C1.I. The number of para-hydroxylation sites is 1. The quantitative estimate of drug-likeness (QED) is 0.260. The van der Waals surface area contributed by atoms with E-state index in [0.717, 1.165) is 44.0 Å². The Bertz CT molecular complexity index is 761. The highest BCUT2D eigenvalue weighted by Gasteiger charge is 2.21. The lowest BCUT2D eigenvalue weighted by Gasteiger charge is -2.35. The third-order valence-electron chi connectivity index (χ3n) is 5.11. The molecule has 1 aliphatic rings. The van der Waals surface area contributed by atoms with E-state index in [9.17, 15) is 5.11 Å². The van der Waals surface area contributed by atoms with E-state index in [-0.39, 0.29) is 30.6 Å². The van der Waals surface area contributed by atoms with Crippen LogP contribution < -0.4 is 15.5 Å². The lowest BCUT2D eigenvalue weighted by atomic mass is 10.1. The predicted molar refractivity (Wildman–Crippen MR) is 138 cm³/mol. The first kappa shape index (κ1) is 25.4. The number of nitrogens with zero attached hydrogens (tertiary/aromatic N) is 2. The molecule has 2 aromatic carbocycles. The van der Waals surface area contributed by atoms with Crippen LogP contribution in [0.4, 0.5) is 5.69 Å². The first-order valence-corrected chi connectivity index (χ1v) is 10.9. The van der Waals surface area contributed by atoms with Crippen LogP contribution in [0.5, 0.6) is 0 Å². The van der Waals surface area contributed by atoms with Crippen molar-refractivity contribution >= 4 is 35.6 Å². The van der Waals surface area contributed by atoms with Gasteiger partial charge in [-0.05, 0) is 37.5 Å². The second kappa shape index (κ2) is 14.3. The van der Waals surface area contributed by atoms with Crippen LogP contribution in [0.15, 0.2) is 65.7 Å². The number of halogens is 1. The fourth-order valence-corrected chi connectivity index (χ4v) is 3.62. The topological polar surface area (TPSA) is 69.1 Å². The third kappa shape index (κ3) is 9.04. The van der Waals surface area contributed by atoms with Gasteiger partial charge in [0.2, 0.25) is 0 Å². The number of anilines is 1. The standard InChI is InChI=1S/C24H34N4O2.HI/c1-2-25-24(26-16-23(29)19-30-18-20-10-5-3-6-11-20)27-21-12-9-15-28(17-21)22-13-7-4-8-14-22;/h3-8,10-11,13-14,21,23,29H,2,9,12,15-19H2,1H3,(H2,25,26,27);1H. The van der Waals surface area contributed by atoms with Gasteiger partial charge in [-0.2, -0.15) is 0 Å². The molecule has 31 heavy (non-hydrogen) atoms. The Kier molecular flexibility index (Phi) is 11.7. The number of rotatable bonds is 9. The average molecular weight is 538 g/mol. The second-order valence-electron chi connectivity index (χ2n) is 7.64. The zero-order valence-corrected chi connectivity index (χ0v) is 20.6. The van der Waals surface area contributed by atoms with Gasteiger partial charge in [0.05, 0.1) is 25.9 Å². The van der Waals surface area contributed by atoms with Crippen LogP contribution in [-0.4, -0.2) is 56.0 Å². The van der Waals surface area contributed by atoms with E-state index in [2.05, 4.69) is 44.8 Å². The maximum atomic E-state index is 10.2. The van der Waals surface area contributed by atoms with Gasteiger partial charge in [-0.25, -0.2) is 0 Å². The second-order valence-corrected chi connectivity index (χ2v) is 7.64. The Morgan fingerprint density at radius 3 is 2.58 bits per heavy atom. The van der Waals surface area contributed by atoms with Crippen LogP contribution in [0.1, 0.15) is 25.3 Å². The van der Waals surface area contributed by atoms with Crippen molar-refractivity contribution in [2.45, 2.75) is 38.5 Å². The zero-order chi connectivity index (χ0) is 21.0. The van der Waals surface area contributed by atoms with Crippen LogP contribution in [0.3, 0.4) is 0 Å². The van der Waals surface area contributed by atoms with Crippen LogP contribution in [0, 0.1) is 0 Å². The molecule has 1 saturated heterocycles. The number of hydrogen-bond donors (Lipinski definition) is 3. The number of aliphatic hydroxyl groups is 1. The van der Waals surface area contributed by atoms with Gasteiger partial charge < -0.3 is 25.4 Å². The molecule has 2 aromatic rings. The summed E-state index contributed by atoms with van der Waals surface area (Å²) in [6.07, 6.45) is 1.62. The van der Waals surface area contributed by atoms with Gasteiger partial charge >= 0.3 is 0 Å². The smallest absolute Gasteiger partial charge is 0.191 e. The zero-order valence-electron chi connectivity index (χ0n) is 18.2. The lowest BCUT2D eigenvalue weighted by Crippen LogP contribution is -2.51. The minimum absolute atomic E-state index is 0. The van der Waals surface area contributed by atoms with Gasteiger partial charge in [0, 0.05) is 31.4 Å². The first-order chi connectivity index (χ1) is 14.7. The monoisotopic (exact) mass is 538 g/mol. The molecule has 6 nitrogen and oxygen atoms in total. The molecule has 0 aliphatic carbocycles. The molecule has 1 aliphatic heterocycles. The highest BCUT2D eigenvalue weighted by Crippen LogP contribution is 2.19. The Morgan fingerprint density at radius 1 is 1.16 bits per heavy atom. The number of piperidine rings is 1. The maximum absolute atomic E-state index is 10.2. The molecule has 7 heteroatoms. The molecule has 0 spiro atoms. The normalized spacial score (nSPS) is 17.5. The molecule has 0 amide bonds. The third-order valence-corrected chi connectivity index (χ3v) is 5.11. The van der Waals surface area contributed by atoms with E-state index >= 15 is 0 Å². The van der Waals surface area contributed by atoms with Crippen LogP contribution >= 0.6 is 24.0 Å². The lowest BCUT2D eigenvalue weighted by molar-refractivity contribution is 0.0331. The Labute approximate surface area is 203 Å². The van der Waals surface area contributed by atoms with Gasteiger partial charge in [-0.1, -0.05) is 48.5 Å². The van der Waals surface area contributed by atoms with Gasteiger partial charge in [0.15, 0.2) is 5.96 Å². The van der Waals surface area contributed by atoms with E-state index in [4.69, 9.17) is 4.74 Å². The Morgan fingerprint density at radius 2 is 1.87 bits per heavy atom. The summed E-state index contributed by atoms with van der Waals surface area (Å²) >= 11 is 0. The number of aliphatic imine (C=N–C) groups is 1. The molecule has 0 aromatic heterocycles. The van der Waals surface area contributed by atoms with Crippen molar-refractivity contribution in [2.24, 2.45) is 4.99 Å². The van der Waals surface area contributed by atoms with E-state index in [0.29, 0.717) is 19.2 Å². The molecular formula is C24H35IN4O2. The largest absolute Gasteiger partial charge is 0.389 e. The summed E-state index contributed by atoms with van der Waals surface area (Å²) < 4.78 is 5.62. The summed E-state index contributed by atoms with van der Waals surface area (Å²) in [5, 5.41) is 17.1.